The van der Waals surface area contributed by atoms with E-state index < -0.39 is 0 Å². The highest BCUT2D eigenvalue weighted by molar-refractivity contribution is 6.30. The molecule has 0 aliphatic carbocycles. The maximum atomic E-state index is 11.8. The molecule has 0 aliphatic heterocycles. The SMILES string of the molecule is O=C(CCn1cncn1)NCc1cn2cc(Cl)ccc2n1. The van der Waals surface area contributed by atoms with Gasteiger partial charge in [0.2, 0.25) is 5.91 Å². The molecule has 0 aliphatic rings. The van der Waals surface area contributed by atoms with Crippen LogP contribution in [0.15, 0.2) is 37.2 Å². The summed E-state index contributed by atoms with van der Waals surface area (Å²) in [7, 11) is 0. The third-order valence-electron chi connectivity index (χ3n) is 2.97. The first-order valence-electron chi connectivity index (χ1n) is 6.43. The quantitative estimate of drug-likeness (QED) is 0.770. The van der Waals surface area contributed by atoms with Crippen molar-refractivity contribution in [2.45, 2.75) is 19.5 Å². The van der Waals surface area contributed by atoms with Crippen LogP contribution in [-0.4, -0.2) is 30.1 Å². The van der Waals surface area contributed by atoms with Gasteiger partial charge >= 0.3 is 0 Å². The van der Waals surface area contributed by atoms with Crippen molar-refractivity contribution >= 4 is 23.2 Å². The van der Waals surface area contributed by atoms with Crippen LogP contribution in [0.25, 0.3) is 5.65 Å². The van der Waals surface area contributed by atoms with Crippen molar-refractivity contribution in [1.82, 2.24) is 29.5 Å². The van der Waals surface area contributed by atoms with Gasteiger partial charge in [0.25, 0.3) is 0 Å². The van der Waals surface area contributed by atoms with Gasteiger partial charge in [0.15, 0.2) is 0 Å². The van der Waals surface area contributed by atoms with E-state index in [1.54, 1.807) is 23.3 Å². The molecule has 0 bridgehead atoms. The van der Waals surface area contributed by atoms with Crippen molar-refractivity contribution in [2.75, 3.05) is 0 Å². The summed E-state index contributed by atoms with van der Waals surface area (Å²) in [5.41, 5.74) is 1.58. The predicted molar refractivity (Wildman–Crippen MR) is 76.7 cm³/mol. The van der Waals surface area contributed by atoms with E-state index in [-0.39, 0.29) is 5.91 Å². The first-order valence-corrected chi connectivity index (χ1v) is 6.81. The van der Waals surface area contributed by atoms with Gasteiger partial charge in [-0.2, -0.15) is 5.10 Å². The molecule has 108 valence electrons. The highest BCUT2D eigenvalue weighted by Crippen LogP contribution is 2.11. The summed E-state index contributed by atoms with van der Waals surface area (Å²) >= 11 is 5.91. The Morgan fingerprint density at radius 3 is 3.05 bits per heavy atom. The molecule has 3 aromatic heterocycles. The number of hydrogen-bond donors (Lipinski definition) is 1. The average Bonchev–Trinajstić information content (AvgIpc) is 3.11. The minimum absolute atomic E-state index is 0.0550. The van der Waals surface area contributed by atoms with Gasteiger partial charge in [-0.25, -0.2) is 9.97 Å². The fourth-order valence-electron chi connectivity index (χ4n) is 1.94. The van der Waals surface area contributed by atoms with E-state index >= 15 is 0 Å². The molecule has 1 N–H and O–H groups in total. The maximum absolute atomic E-state index is 11.8. The third-order valence-corrected chi connectivity index (χ3v) is 3.19. The van der Waals surface area contributed by atoms with Crippen LogP contribution in [0.4, 0.5) is 0 Å². The van der Waals surface area contributed by atoms with E-state index in [2.05, 4.69) is 20.4 Å². The summed E-state index contributed by atoms with van der Waals surface area (Å²) in [5.74, 6) is -0.0550. The zero-order valence-corrected chi connectivity index (χ0v) is 11.9. The summed E-state index contributed by atoms with van der Waals surface area (Å²) in [6.45, 7) is 0.891. The zero-order chi connectivity index (χ0) is 14.7. The molecule has 0 radical (unpaired) electrons. The van der Waals surface area contributed by atoms with E-state index in [0.717, 1.165) is 11.3 Å². The number of pyridine rings is 1. The van der Waals surface area contributed by atoms with Crippen LogP contribution in [0.1, 0.15) is 12.1 Å². The normalized spacial score (nSPS) is 10.9. The lowest BCUT2D eigenvalue weighted by Crippen LogP contribution is -2.24. The topological polar surface area (TPSA) is 77.1 Å². The van der Waals surface area contributed by atoms with Crippen LogP contribution in [-0.2, 0) is 17.9 Å². The molecule has 3 rings (SSSR count). The number of halogens is 1. The van der Waals surface area contributed by atoms with Gasteiger partial charge in [-0.05, 0) is 12.1 Å². The van der Waals surface area contributed by atoms with E-state index in [1.807, 2.05) is 16.7 Å². The van der Waals surface area contributed by atoms with Crippen LogP contribution in [0.2, 0.25) is 5.02 Å². The van der Waals surface area contributed by atoms with E-state index in [4.69, 9.17) is 11.6 Å². The van der Waals surface area contributed by atoms with Gasteiger partial charge in [-0.3, -0.25) is 9.48 Å². The Labute approximate surface area is 125 Å². The van der Waals surface area contributed by atoms with Crippen molar-refractivity contribution in [3.8, 4) is 0 Å². The smallest absolute Gasteiger partial charge is 0.222 e. The number of rotatable bonds is 5. The predicted octanol–water partition coefficient (Wildman–Crippen LogP) is 1.29. The Kier molecular flexibility index (Phi) is 3.83. The number of imidazole rings is 1. The molecule has 3 aromatic rings. The molecule has 21 heavy (non-hydrogen) atoms. The van der Waals surface area contributed by atoms with E-state index in [9.17, 15) is 4.79 Å². The highest BCUT2D eigenvalue weighted by atomic mass is 35.5. The molecule has 0 fully saturated rings. The van der Waals surface area contributed by atoms with Crippen molar-refractivity contribution in [1.29, 1.82) is 0 Å². The summed E-state index contributed by atoms with van der Waals surface area (Å²) in [6, 6.07) is 3.61. The molecule has 7 nitrogen and oxygen atoms in total. The minimum atomic E-state index is -0.0550. The summed E-state index contributed by atoms with van der Waals surface area (Å²) in [5, 5.41) is 7.41. The van der Waals surface area contributed by atoms with Gasteiger partial charge in [0.05, 0.1) is 23.8 Å². The Balaban J connectivity index is 1.54. The Hall–Kier alpha value is -2.41. The summed E-state index contributed by atoms with van der Waals surface area (Å²) < 4.78 is 3.45. The minimum Gasteiger partial charge on any atom is -0.350 e. The van der Waals surface area contributed by atoms with Crippen LogP contribution in [0, 0.1) is 0 Å². The van der Waals surface area contributed by atoms with Crippen LogP contribution >= 0.6 is 11.6 Å². The standard InChI is InChI=1S/C13H13ClN6O/c14-10-1-2-12-18-11(7-19(12)6-10)5-16-13(21)3-4-20-9-15-8-17-20/h1-2,6-9H,3-5H2,(H,16,21). The lowest BCUT2D eigenvalue weighted by molar-refractivity contribution is -0.121. The number of carbonyl (C=O) groups is 1. The van der Waals surface area contributed by atoms with Crippen LogP contribution in [0.3, 0.4) is 0 Å². The lowest BCUT2D eigenvalue weighted by atomic mass is 10.4. The van der Waals surface area contributed by atoms with Gasteiger partial charge in [-0.1, -0.05) is 11.6 Å². The lowest BCUT2D eigenvalue weighted by Gasteiger charge is -2.02. The molecule has 3 heterocycles. The number of amides is 1. The molecule has 0 spiro atoms. The van der Waals surface area contributed by atoms with Gasteiger partial charge in [0, 0.05) is 18.8 Å². The van der Waals surface area contributed by atoms with Crippen LogP contribution in [0.5, 0.6) is 0 Å². The van der Waals surface area contributed by atoms with Crippen LogP contribution < -0.4 is 5.32 Å². The molecule has 8 heteroatoms. The largest absolute Gasteiger partial charge is 0.350 e. The zero-order valence-electron chi connectivity index (χ0n) is 11.1. The average molecular weight is 305 g/mol. The number of carbonyl (C=O) groups excluding carboxylic acids is 1. The van der Waals surface area contributed by atoms with Crippen molar-refractivity contribution in [3.63, 3.8) is 0 Å². The molecular formula is C13H13ClN6O. The summed E-state index contributed by atoms with van der Waals surface area (Å²) in [6.07, 6.45) is 7.00. The number of nitrogens with one attached hydrogen (secondary N) is 1. The molecule has 0 saturated carbocycles. The second-order valence-electron chi connectivity index (χ2n) is 4.53. The van der Waals surface area contributed by atoms with Crippen molar-refractivity contribution in [2.24, 2.45) is 0 Å². The first-order chi connectivity index (χ1) is 10.2. The molecule has 0 saturated heterocycles. The first kappa shape index (κ1) is 13.6. The third kappa shape index (κ3) is 3.38. The Bertz CT molecular complexity index is 751. The number of nitrogens with zero attached hydrogens (tertiary/aromatic N) is 5. The van der Waals surface area contributed by atoms with Crippen molar-refractivity contribution < 1.29 is 4.79 Å². The number of hydrogen-bond acceptors (Lipinski definition) is 4. The van der Waals surface area contributed by atoms with E-state index in [0.29, 0.717) is 24.5 Å². The highest BCUT2D eigenvalue weighted by Gasteiger charge is 2.05. The number of aromatic nitrogens is 5. The van der Waals surface area contributed by atoms with Gasteiger partial charge in [-0.15, -0.1) is 0 Å². The second kappa shape index (κ2) is 5.92. The Morgan fingerprint density at radius 1 is 1.33 bits per heavy atom. The second-order valence-corrected chi connectivity index (χ2v) is 4.97. The van der Waals surface area contributed by atoms with Crippen molar-refractivity contribution in [3.05, 3.63) is 47.9 Å². The van der Waals surface area contributed by atoms with E-state index in [1.165, 1.54) is 6.33 Å². The molecule has 0 aromatic carbocycles. The number of aryl methyl sites for hydroxylation is 1. The van der Waals surface area contributed by atoms with Gasteiger partial charge in [0.1, 0.15) is 18.3 Å². The molecule has 0 unspecified atom stereocenters. The Morgan fingerprint density at radius 2 is 2.24 bits per heavy atom. The maximum Gasteiger partial charge on any atom is 0.222 e. The number of fused-ring (bicyclic) bond motifs is 1. The fourth-order valence-corrected chi connectivity index (χ4v) is 2.11. The van der Waals surface area contributed by atoms with Gasteiger partial charge < -0.3 is 9.72 Å². The fraction of sp³-hybridized carbons (Fsp3) is 0.231. The summed E-state index contributed by atoms with van der Waals surface area (Å²) in [4.78, 5) is 20.0. The molecular weight excluding hydrogens is 292 g/mol. The molecule has 0 atom stereocenters. The molecule has 1 amide bonds. The monoisotopic (exact) mass is 304 g/mol.